The summed E-state index contributed by atoms with van der Waals surface area (Å²) in [4.78, 5) is 25.0. The zero-order valence-corrected chi connectivity index (χ0v) is 17.6. The molecular formula is C21H21ClN2O4S. The van der Waals surface area contributed by atoms with Crippen molar-refractivity contribution in [3.63, 3.8) is 0 Å². The highest BCUT2D eigenvalue weighted by Gasteiger charge is 2.23. The van der Waals surface area contributed by atoms with E-state index in [1.807, 2.05) is 13.0 Å². The zero-order valence-electron chi connectivity index (χ0n) is 16.0. The molecule has 6 nitrogen and oxygen atoms in total. The number of benzene rings is 1. The second-order valence-corrected chi connectivity index (χ2v) is 8.26. The van der Waals surface area contributed by atoms with Crippen LogP contribution in [0.2, 0.25) is 5.02 Å². The van der Waals surface area contributed by atoms with E-state index >= 15 is 0 Å². The predicted molar refractivity (Wildman–Crippen MR) is 112 cm³/mol. The number of hydrogen-bond acceptors (Lipinski definition) is 6. The van der Waals surface area contributed by atoms with Crippen molar-refractivity contribution in [3.05, 3.63) is 44.8 Å². The highest BCUT2D eigenvalue weighted by Crippen LogP contribution is 2.38. The van der Waals surface area contributed by atoms with Gasteiger partial charge in [0.15, 0.2) is 6.61 Å². The number of nitrogens with one attached hydrogen (secondary N) is 1. The number of hydrogen-bond donors (Lipinski definition) is 1. The van der Waals surface area contributed by atoms with Gasteiger partial charge in [0.05, 0.1) is 12.2 Å². The van der Waals surface area contributed by atoms with Crippen LogP contribution in [0, 0.1) is 18.3 Å². The molecule has 0 bridgehead atoms. The molecule has 0 saturated carbocycles. The minimum Gasteiger partial charge on any atom is -0.494 e. The molecule has 0 spiro atoms. The molecule has 3 rings (SSSR count). The molecule has 0 fully saturated rings. The Morgan fingerprint density at radius 1 is 1.34 bits per heavy atom. The van der Waals surface area contributed by atoms with Crippen LogP contribution in [0.3, 0.4) is 0 Å². The van der Waals surface area contributed by atoms with Gasteiger partial charge >= 0.3 is 5.97 Å². The Bertz CT molecular complexity index is 964. The molecule has 8 heteroatoms. The number of carbonyl (C=O) groups excluding carboxylic acids is 2. The SMILES string of the molecule is Cc1cc(OCCCC(=O)OCC(=O)Nc2sc3c(c2C#N)CCC3)ccc1Cl. The summed E-state index contributed by atoms with van der Waals surface area (Å²) in [6, 6.07) is 7.54. The van der Waals surface area contributed by atoms with Crippen molar-refractivity contribution in [2.24, 2.45) is 0 Å². The van der Waals surface area contributed by atoms with Crippen LogP contribution in [0.1, 0.15) is 40.8 Å². The molecule has 0 radical (unpaired) electrons. The second-order valence-electron chi connectivity index (χ2n) is 6.75. The molecule has 1 aliphatic carbocycles. The maximum atomic E-state index is 12.1. The van der Waals surface area contributed by atoms with Crippen LogP contribution in [0.4, 0.5) is 5.00 Å². The topological polar surface area (TPSA) is 88.4 Å². The van der Waals surface area contributed by atoms with E-state index in [9.17, 15) is 14.9 Å². The fourth-order valence-electron chi connectivity index (χ4n) is 3.11. The van der Waals surface area contributed by atoms with Gasteiger partial charge in [-0.15, -0.1) is 11.3 Å². The van der Waals surface area contributed by atoms with Crippen molar-refractivity contribution >= 4 is 39.8 Å². The number of rotatable bonds is 8. The summed E-state index contributed by atoms with van der Waals surface area (Å²) in [7, 11) is 0. The molecule has 1 N–H and O–H groups in total. The van der Waals surface area contributed by atoms with Crippen LogP contribution in [0.25, 0.3) is 0 Å². The Morgan fingerprint density at radius 2 is 2.17 bits per heavy atom. The summed E-state index contributed by atoms with van der Waals surface area (Å²) in [5, 5.41) is 13.2. The lowest BCUT2D eigenvalue weighted by Gasteiger charge is -2.08. The number of aryl methyl sites for hydroxylation is 2. The summed E-state index contributed by atoms with van der Waals surface area (Å²) in [5.74, 6) is -0.219. The third-order valence-corrected chi connectivity index (χ3v) is 6.20. The molecule has 29 heavy (non-hydrogen) atoms. The Balaban J connectivity index is 1.37. The van der Waals surface area contributed by atoms with Gasteiger partial charge in [-0.25, -0.2) is 0 Å². The molecule has 1 aliphatic rings. The van der Waals surface area contributed by atoms with Gasteiger partial charge in [-0.1, -0.05) is 11.6 Å². The van der Waals surface area contributed by atoms with Gasteiger partial charge in [0, 0.05) is 16.3 Å². The van der Waals surface area contributed by atoms with Gasteiger partial charge in [0.25, 0.3) is 5.91 Å². The van der Waals surface area contributed by atoms with Gasteiger partial charge < -0.3 is 14.8 Å². The molecule has 1 aromatic heterocycles. The minimum absolute atomic E-state index is 0.149. The minimum atomic E-state index is -0.467. The number of halogens is 1. The van der Waals surface area contributed by atoms with Crippen molar-refractivity contribution < 1.29 is 19.1 Å². The number of thiophene rings is 1. The first kappa shape index (κ1) is 21.2. The first-order valence-electron chi connectivity index (χ1n) is 9.37. The number of carbonyl (C=O) groups is 2. The number of nitriles is 1. The van der Waals surface area contributed by atoms with E-state index in [1.54, 1.807) is 12.1 Å². The fraction of sp³-hybridized carbons (Fsp3) is 0.381. The lowest BCUT2D eigenvalue weighted by Crippen LogP contribution is -2.21. The summed E-state index contributed by atoms with van der Waals surface area (Å²) >= 11 is 7.40. The first-order valence-corrected chi connectivity index (χ1v) is 10.6. The molecular weight excluding hydrogens is 412 g/mol. The number of fused-ring (bicyclic) bond motifs is 1. The Hall–Kier alpha value is -2.56. The van der Waals surface area contributed by atoms with E-state index in [-0.39, 0.29) is 13.0 Å². The second kappa shape index (κ2) is 9.77. The molecule has 0 atom stereocenters. The molecule has 1 aromatic carbocycles. The lowest BCUT2D eigenvalue weighted by atomic mass is 10.1. The van der Waals surface area contributed by atoms with Crippen molar-refractivity contribution in [2.75, 3.05) is 18.5 Å². The van der Waals surface area contributed by atoms with E-state index in [0.717, 1.165) is 35.3 Å². The van der Waals surface area contributed by atoms with Crippen molar-refractivity contribution in [2.45, 2.75) is 39.0 Å². The average molecular weight is 433 g/mol. The first-order chi connectivity index (χ1) is 14.0. The highest BCUT2D eigenvalue weighted by atomic mass is 35.5. The number of amides is 1. The standard InChI is InChI=1S/C21H21ClN2O4S/c1-13-10-14(7-8-17(13)22)27-9-3-6-20(26)28-12-19(25)24-21-16(11-23)15-4-2-5-18(15)29-21/h7-8,10H,2-6,9,12H2,1H3,(H,24,25). The van der Waals surface area contributed by atoms with E-state index in [0.29, 0.717) is 34.4 Å². The summed E-state index contributed by atoms with van der Waals surface area (Å²) in [5.41, 5.74) is 2.50. The Kier molecular flexibility index (Phi) is 7.13. The van der Waals surface area contributed by atoms with Crippen molar-refractivity contribution in [1.82, 2.24) is 0 Å². The number of nitrogens with zero attached hydrogens (tertiary/aromatic N) is 1. The molecule has 152 valence electrons. The number of ether oxygens (including phenoxy) is 2. The van der Waals surface area contributed by atoms with Crippen LogP contribution in [0.15, 0.2) is 18.2 Å². The quantitative estimate of drug-likeness (QED) is 0.493. The normalized spacial score (nSPS) is 12.2. The highest BCUT2D eigenvalue weighted by molar-refractivity contribution is 7.16. The van der Waals surface area contributed by atoms with Gasteiger partial charge in [-0.05, 0) is 61.9 Å². The maximum absolute atomic E-state index is 12.1. The van der Waals surface area contributed by atoms with Crippen LogP contribution in [-0.2, 0) is 27.2 Å². The Morgan fingerprint density at radius 3 is 2.93 bits per heavy atom. The molecule has 2 aromatic rings. The number of anilines is 1. The number of esters is 1. The monoisotopic (exact) mass is 432 g/mol. The van der Waals surface area contributed by atoms with Crippen molar-refractivity contribution in [3.8, 4) is 11.8 Å². The smallest absolute Gasteiger partial charge is 0.306 e. The maximum Gasteiger partial charge on any atom is 0.306 e. The van der Waals surface area contributed by atoms with E-state index in [2.05, 4.69) is 11.4 Å². The van der Waals surface area contributed by atoms with E-state index in [4.69, 9.17) is 21.1 Å². The van der Waals surface area contributed by atoms with E-state index in [1.165, 1.54) is 11.3 Å². The van der Waals surface area contributed by atoms with Gasteiger partial charge in [-0.2, -0.15) is 5.26 Å². The third-order valence-electron chi connectivity index (χ3n) is 4.57. The van der Waals surface area contributed by atoms with Crippen molar-refractivity contribution in [1.29, 1.82) is 5.26 Å². The molecule has 0 aliphatic heterocycles. The molecule has 0 unspecified atom stereocenters. The van der Waals surface area contributed by atoms with E-state index < -0.39 is 11.9 Å². The largest absolute Gasteiger partial charge is 0.494 e. The summed E-state index contributed by atoms with van der Waals surface area (Å²) in [6.07, 6.45) is 3.48. The summed E-state index contributed by atoms with van der Waals surface area (Å²) in [6.45, 7) is 1.87. The fourth-order valence-corrected chi connectivity index (χ4v) is 4.48. The Labute approximate surface area is 178 Å². The predicted octanol–water partition coefficient (Wildman–Crippen LogP) is 4.41. The summed E-state index contributed by atoms with van der Waals surface area (Å²) < 4.78 is 10.6. The van der Waals surface area contributed by atoms with Gasteiger partial charge in [0.1, 0.15) is 16.8 Å². The van der Waals surface area contributed by atoms with Gasteiger partial charge in [-0.3, -0.25) is 9.59 Å². The average Bonchev–Trinajstić information content (AvgIpc) is 3.27. The molecule has 0 saturated heterocycles. The van der Waals surface area contributed by atoms with Crippen LogP contribution in [0.5, 0.6) is 5.75 Å². The lowest BCUT2D eigenvalue weighted by molar-refractivity contribution is -0.147. The van der Waals surface area contributed by atoms with Crippen LogP contribution < -0.4 is 10.1 Å². The van der Waals surface area contributed by atoms with Gasteiger partial charge in [0.2, 0.25) is 0 Å². The molecule has 1 heterocycles. The van der Waals surface area contributed by atoms with Crippen LogP contribution >= 0.6 is 22.9 Å². The third kappa shape index (κ3) is 5.49. The zero-order chi connectivity index (χ0) is 20.8. The molecule has 1 amide bonds. The van der Waals surface area contributed by atoms with Crippen LogP contribution in [-0.4, -0.2) is 25.1 Å².